The third-order valence-corrected chi connectivity index (χ3v) is 13.5. The average molecular weight is 846 g/mol. The third kappa shape index (κ3) is 5.75. The molecule has 1 aliphatic rings. The van der Waals surface area contributed by atoms with E-state index in [1.165, 1.54) is 0 Å². The Morgan fingerprint density at radius 2 is 0.909 bits per heavy atom. The Hall–Kier alpha value is -8.73. The van der Waals surface area contributed by atoms with Crippen LogP contribution in [0.2, 0.25) is 0 Å². The molecule has 310 valence electrons. The van der Waals surface area contributed by atoms with E-state index in [4.69, 9.17) is 8.83 Å². The molecule has 0 saturated heterocycles. The van der Waals surface area contributed by atoms with Crippen LogP contribution >= 0.6 is 0 Å². The van der Waals surface area contributed by atoms with Gasteiger partial charge in [0.25, 0.3) is 0 Å². The first-order chi connectivity index (χ1) is 32.6. The minimum Gasteiger partial charge on any atom is -0.456 e. The summed E-state index contributed by atoms with van der Waals surface area (Å²) in [7, 11) is 0. The first-order valence-corrected chi connectivity index (χ1v) is 22.4. The molecule has 0 spiro atoms. The largest absolute Gasteiger partial charge is 0.456 e. The molecule has 66 heavy (non-hydrogen) atoms. The standard InChI is InChI=1S/C62H39NO3/c64-60-50-25-10-12-27-54(50)62(44-18-4-1-5-19-44,45-20-6-2-7-21-45)55-33-30-42(38-53(55)60)40-16-14-17-41(36-40)43-31-34-58-51(37-43)52-39-47(32-35-59(52)65-58)63(46-22-8-3-9-23-46)56-28-15-26-49-48-24-11-13-29-57(48)66-61(49)56/h1-39H. The molecule has 0 N–H and O–H groups in total. The third-order valence-electron chi connectivity index (χ3n) is 13.5. The van der Waals surface area contributed by atoms with Crippen molar-refractivity contribution in [1.29, 1.82) is 0 Å². The zero-order chi connectivity index (χ0) is 43.8. The smallest absolute Gasteiger partial charge is 0.193 e. The van der Waals surface area contributed by atoms with Crippen LogP contribution in [-0.4, -0.2) is 5.78 Å². The Kier molecular flexibility index (Phi) is 8.55. The van der Waals surface area contributed by atoms with Crippen molar-refractivity contribution in [2.75, 3.05) is 4.90 Å². The molecule has 12 aromatic rings. The van der Waals surface area contributed by atoms with Crippen molar-refractivity contribution in [2.45, 2.75) is 5.41 Å². The summed E-state index contributed by atoms with van der Waals surface area (Å²) < 4.78 is 13.1. The minimum absolute atomic E-state index is 0.0397. The van der Waals surface area contributed by atoms with Gasteiger partial charge in [0.2, 0.25) is 0 Å². The summed E-state index contributed by atoms with van der Waals surface area (Å²) >= 11 is 0. The van der Waals surface area contributed by atoms with Gasteiger partial charge < -0.3 is 13.7 Å². The number of rotatable bonds is 7. The summed E-state index contributed by atoms with van der Waals surface area (Å²) in [5.41, 5.74) is 15.5. The fourth-order valence-corrected chi connectivity index (χ4v) is 10.6. The summed E-state index contributed by atoms with van der Waals surface area (Å²) in [6, 6.07) is 82.2. The van der Waals surface area contributed by atoms with Gasteiger partial charge in [-0.1, -0.05) is 170 Å². The van der Waals surface area contributed by atoms with Gasteiger partial charge in [0.1, 0.15) is 16.7 Å². The zero-order valence-corrected chi connectivity index (χ0v) is 35.7. The number of ketones is 1. The second kappa shape index (κ2) is 14.9. The highest BCUT2D eigenvalue weighted by atomic mass is 16.3. The van der Waals surface area contributed by atoms with E-state index in [0.29, 0.717) is 5.56 Å². The van der Waals surface area contributed by atoms with Crippen molar-refractivity contribution < 1.29 is 13.6 Å². The maximum atomic E-state index is 14.6. The molecule has 10 aromatic carbocycles. The zero-order valence-electron chi connectivity index (χ0n) is 35.7. The summed E-state index contributed by atoms with van der Waals surface area (Å²) in [5, 5.41) is 4.22. The molecule has 2 aromatic heterocycles. The number of para-hydroxylation sites is 3. The minimum atomic E-state index is -0.676. The molecule has 4 heteroatoms. The van der Waals surface area contributed by atoms with Crippen LogP contribution in [0, 0.1) is 0 Å². The van der Waals surface area contributed by atoms with Crippen molar-refractivity contribution in [1.82, 2.24) is 0 Å². The maximum absolute atomic E-state index is 14.6. The lowest BCUT2D eigenvalue weighted by atomic mass is 9.59. The lowest BCUT2D eigenvalue weighted by Crippen LogP contribution is -2.38. The lowest BCUT2D eigenvalue weighted by molar-refractivity contribution is 0.103. The first kappa shape index (κ1) is 37.8. The van der Waals surface area contributed by atoms with Crippen molar-refractivity contribution in [2.24, 2.45) is 0 Å². The van der Waals surface area contributed by atoms with Crippen LogP contribution in [-0.2, 0) is 5.41 Å². The van der Waals surface area contributed by atoms with Crippen molar-refractivity contribution in [3.63, 3.8) is 0 Å². The number of carbonyl (C=O) groups is 1. The van der Waals surface area contributed by atoms with E-state index in [1.807, 2.05) is 48.5 Å². The first-order valence-electron chi connectivity index (χ1n) is 22.4. The highest BCUT2D eigenvalue weighted by molar-refractivity contribution is 6.15. The predicted molar refractivity (Wildman–Crippen MR) is 268 cm³/mol. The van der Waals surface area contributed by atoms with E-state index in [9.17, 15) is 4.79 Å². The van der Waals surface area contributed by atoms with Gasteiger partial charge in [-0.25, -0.2) is 0 Å². The van der Waals surface area contributed by atoms with E-state index in [0.717, 1.165) is 111 Å². The van der Waals surface area contributed by atoms with Gasteiger partial charge in [-0.3, -0.25) is 4.79 Å². The molecule has 0 fully saturated rings. The quantitative estimate of drug-likeness (QED) is 0.160. The predicted octanol–water partition coefficient (Wildman–Crippen LogP) is 16.2. The van der Waals surface area contributed by atoms with Gasteiger partial charge in [-0.15, -0.1) is 0 Å². The Bertz CT molecular complexity index is 3810. The van der Waals surface area contributed by atoms with Gasteiger partial charge in [-0.2, -0.15) is 0 Å². The molecule has 0 unspecified atom stereocenters. The summed E-state index contributed by atoms with van der Waals surface area (Å²) in [4.78, 5) is 16.9. The molecule has 0 bridgehead atoms. The monoisotopic (exact) mass is 845 g/mol. The van der Waals surface area contributed by atoms with Crippen LogP contribution in [0.4, 0.5) is 17.1 Å². The van der Waals surface area contributed by atoms with Crippen molar-refractivity contribution in [3.05, 3.63) is 270 Å². The van der Waals surface area contributed by atoms with Crippen LogP contribution in [0.25, 0.3) is 66.1 Å². The molecule has 0 saturated carbocycles. The van der Waals surface area contributed by atoms with Gasteiger partial charge >= 0.3 is 0 Å². The molecule has 13 rings (SSSR count). The van der Waals surface area contributed by atoms with Crippen LogP contribution in [0.1, 0.15) is 38.2 Å². The Balaban J connectivity index is 0.921. The number of benzene rings is 10. The maximum Gasteiger partial charge on any atom is 0.193 e. The van der Waals surface area contributed by atoms with Crippen LogP contribution in [0.15, 0.2) is 245 Å². The highest BCUT2D eigenvalue weighted by Gasteiger charge is 2.46. The summed E-state index contributed by atoms with van der Waals surface area (Å²) in [6.07, 6.45) is 0. The number of carbonyl (C=O) groups excluding carboxylic acids is 1. The molecular formula is C62H39NO3. The van der Waals surface area contributed by atoms with Crippen LogP contribution in [0.5, 0.6) is 0 Å². The topological polar surface area (TPSA) is 46.6 Å². The van der Waals surface area contributed by atoms with Gasteiger partial charge in [0.05, 0.1) is 11.1 Å². The number of anilines is 3. The van der Waals surface area contributed by atoms with E-state index < -0.39 is 5.41 Å². The molecule has 1 aliphatic carbocycles. The van der Waals surface area contributed by atoms with Gasteiger partial charge in [0, 0.05) is 44.0 Å². The van der Waals surface area contributed by atoms with Crippen molar-refractivity contribution >= 4 is 66.7 Å². The highest BCUT2D eigenvalue weighted by Crippen LogP contribution is 2.52. The number of nitrogens with zero attached hydrogens (tertiary/aromatic N) is 1. The number of furan rings is 2. The lowest BCUT2D eigenvalue weighted by Gasteiger charge is -2.41. The Labute approximate surface area is 381 Å². The Morgan fingerprint density at radius 3 is 1.68 bits per heavy atom. The molecule has 0 amide bonds. The van der Waals surface area contributed by atoms with E-state index in [-0.39, 0.29) is 5.78 Å². The second-order valence-corrected chi connectivity index (χ2v) is 17.1. The molecule has 0 atom stereocenters. The average Bonchev–Trinajstić information content (AvgIpc) is 3.96. The van der Waals surface area contributed by atoms with Crippen LogP contribution < -0.4 is 4.90 Å². The summed E-state index contributed by atoms with van der Waals surface area (Å²) in [5.74, 6) is 0.0397. The number of hydrogen-bond donors (Lipinski definition) is 0. The van der Waals surface area contributed by atoms with E-state index in [1.54, 1.807) is 0 Å². The number of fused-ring (bicyclic) bond motifs is 8. The van der Waals surface area contributed by atoms with E-state index >= 15 is 0 Å². The van der Waals surface area contributed by atoms with E-state index in [2.05, 4.69) is 193 Å². The van der Waals surface area contributed by atoms with Crippen molar-refractivity contribution in [3.8, 4) is 22.3 Å². The fourth-order valence-electron chi connectivity index (χ4n) is 10.6. The Morgan fingerprint density at radius 1 is 0.348 bits per heavy atom. The summed E-state index contributed by atoms with van der Waals surface area (Å²) in [6.45, 7) is 0. The second-order valence-electron chi connectivity index (χ2n) is 17.1. The molecule has 4 nitrogen and oxygen atoms in total. The van der Waals surface area contributed by atoms with Crippen LogP contribution in [0.3, 0.4) is 0 Å². The fraction of sp³-hybridized carbons (Fsp3) is 0.0161. The van der Waals surface area contributed by atoms with Gasteiger partial charge in [-0.05, 0) is 111 Å². The molecular weight excluding hydrogens is 807 g/mol. The molecule has 0 radical (unpaired) electrons. The SMILES string of the molecule is O=C1c2ccccc2C(c2ccccc2)(c2ccccc2)c2ccc(-c3cccc(-c4ccc5oc6ccc(N(c7ccccc7)c7cccc8c7oc7ccccc78)cc6c5c4)c3)cc21. The normalized spacial score (nSPS) is 13.0. The number of hydrogen-bond acceptors (Lipinski definition) is 4. The van der Waals surface area contributed by atoms with Gasteiger partial charge in [0.15, 0.2) is 11.4 Å². The molecule has 2 heterocycles. The molecule has 0 aliphatic heterocycles.